The van der Waals surface area contributed by atoms with Gasteiger partial charge in [0.25, 0.3) is 5.56 Å². The van der Waals surface area contributed by atoms with Crippen molar-refractivity contribution in [1.82, 2.24) is 14.9 Å². The summed E-state index contributed by atoms with van der Waals surface area (Å²) in [4.78, 5) is 31.0. The molecule has 4 rings (SSSR count). The molecule has 0 bridgehead atoms. The second kappa shape index (κ2) is 7.31. The maximum atomic E-state index is 13.4. The van der Waals surface area contributed by atoms with E-state index in [2.05, 4.69) is 10.3 Å². The molecule has 0 saturated carbocycles. The minimum atomic E-state index is -0.680. The first-order valence-corrected chi connectivity index (χ1v) is 9.31. The summed E-state index contributed by atoms with van der Waals surface area (Å²) < 4.78 is 7.05. The zero-order valence-corrected chi connectivity index (χ0v) is 15.8. The lowest BCUT2D eigenvalue weighted by atomic mass is 10.0. The van der Waals surface area contributed by atoms with Gasteiger partial charge in [-0.1, -0.05) is 43.3 Å². The average molecular weight is 375 g/mol. The zero-order valence-electron chi connectivity index (χ0n) is 15.8. The summed E-state index contributed by atoms with van der Waals surface area (Å²) >= 11 is 0. The lowest BCUT2D eigenvalue weighted by Crippen LogP contribution is -2.46. The van der Waals surface area contributed by atoms with Gasteiger partial charge in [0, 0.05) is 6.42 Å². The summed E-state index contributed by atoms with van der Waals surface area (Å²) in [7, 11) is 0. The van der Waals surface area contributed by atoms with Crippen LogP contribution in [0.3, 0.4) is 0 Å². The zero-order chi connectivity index (χ0) is 19.7. The molecule has 2 aliphatic rings. The standard InChI is InChI=1S/C22H21N3O3/c1-3-14(2)18-19-24-21-16(11-7-8-12-28-21)22(27)25(19)17(20(26)23-18)13-15-9-5-4-6-10-15/h4-12,17H,3,13H2,1-2H3,(H,23,26)/b18-14+/t17-/m1/s1. The van der Waals surface area contributed by atoms with Crippen LogP contribution in [0.15, 0.2) is 59.1 Å². The van der Waals surface area contributed by atoms with Crippen LogP contribution in [0, 0.1) is 0 Å². The Morgan fingerprint density at radius 1 is 1.21 bits per heavy atom. The van der Waals surface area contributed by atoms with Crippen molar-refractivity contribution in [2.75, 3.05) is 0 Å². The van der Waals surface area contributed by atoms with Crippen LogP contribution in [0.5, 0.6) is 5.88 Å². The topological polar surface area (TPSA) is 73.2 Å². The third-order valence-electron chi connectivity index (χ3n) is 5.06. The van der Waals surface area contributed by atoms with Gasteiger partial charge in [-0.2, -0.15) is 4.98 Å². The normalized spacial score (nSPS) is 19.2. The van der Waals surface area contributed by atoms with Crippen molar-refractivity contribution in [2.24, 2.45) is 0 Å². The number of fused-ring (bicyclic) bond motifs is 2. The smallest absolute Gasteiger partial charge is 0.265 e. The number of hydrogen-bond donors (Lipinski definition) is 1. The van der Waals surface area contributed by atoms with Crippen molar-refractivity contribution < 1.29 is 9.53 Å². The molecule has 6 nitrogen and oxygen atoms in total. The van der Waals surface area contributed by atoms with Crippen LogP contribution in [0.1, 0.15) is 43.3 Å². The third-order valence-corrected chi connectivity index (χ3v) is 5.06. The van der Waals surface area contributed by atoms with E-state index in [-0.39, 0.29) is 17.3 Å². The predicted octanol–water partition coefficient (Wildman–Crippen LogP) is 3.22. The van der Waals surface area contributed by atoms with E-state index >= 15 is 0 Å². The number of rotatable bonds is 3. The third kappa shape index (κ3) is 3.07. The second-order valence-electron chi connectivity index (χ2n) is 6.84. The minimum absolute atomic E-state index is 0.209. The highest BCUT2D eigenvalue weighted by Gasteiger charge is 2.34. The summed E-state index contributed by atoms with van der Waals surface area (Å²) in [5.41, 5.74) is 2.57. The van der Waals surface area contributed by atoms with Crippen LogP contribution in [0.4, 0.5) is 0 Å². The number of ether oxygens (including phenoxy) is 1. The van der Waals surface area contributed by atoms with Gasteiger partial charge in [0.05, 0.1) is 12.0 Å². The largest absolute Gasteiger partial charge is 0.446 e. The van der Waals surface area contributed by atoms with Crippen molar-refractivity contribution in [3.63, 3.8) is 0 Å². The number of nitrogens with zero attached hydrogens (tertiary/aromatic N) is 2. The van der Waals surface area contributed by atoms with E-state index in [4.69, 9.17) is 4.74 Å². The van der Waals surface area contributed by atoms with Gasteiger partial charge in [-0.05, 0) is 36.6 Å². The van der Waals surface area contributed by atoms with E-state index in [1.54, 1.807) is 18.2 Å². The lowest BCUT2D eigenvalue weighted by molar-refractivity contribution is -0.123. The van der Waals surface area contributed by atoms with Crippen LogP contribution in [0.2, 0.25) is 0 Å². The van der Waals surface area contributed by atoms with Gasteiger partial charge in [-0.15, -0.1) is 0 Å². The van der Waals surface area contributed by atoms with Crippen molar-refractivity contribution >= 4 is 17.7 Å². The number of allylic oxidation sites excluding steroid dienone is 3. The van der Waals surface area contributed by atoms with E-state index in [0.717, 1.165) is 17.6 Å². The number of carbonyl (C=O) groups excluding carboxylic acids is 1. The van der Waals surface area contributed by atoms with Gasteiger partial charge < -0.3 is 10.1 Å². The molecular weight excluding hydrogens is 354 g/mol. The molecule has 3 heterocycles. The molecule has 2 aromatic rings. The molecule has 28 heavy (non-hydrogen) atoms. The number of benzene rings is 1. The first kappa shape index (κ1) is 18.0. The molecule has 0 saturated heterocycles. The fourth-order valence-electron chi connectivity index (χ4n) is 3.40. The monoisotopic (exact) mass is 375 g/mol. The maximum absolute atomic E-state index is 13.4. The lowest BCUT2D eigenvalue weighted by Gasteiger charge is -2.30. The number of nitrogens with one attached hydrogen (secondary N) is 1. The van der Waals surface area contributed by atoms with Gasteiger partial charge >= 0.3 is 0 Å². The predicted molar refractivity (Wildman–Crippen MR) is 108 cm³/mol. The number of aromatic nitrogens is 2. The van der Waals surface area contributed by atoms with E-state index in [9.17, 15) is 9.59 Å². The van der Waals surface area contributed by atoms with Crippen molar-refractivity contribution in [1.29, 1.82) is 0 Å². The molecule has 0 unspecified atom stereocenters. The second-order valence-corrected chi connectivity index (χ2v) is 6.84. The van der Waals surface area contributed by atoms with E-state index in [1.807, 2.05) is 44.2 Å². The van der Waals surface area contributed by atoms with Crippen molar-refractivity contribution in [2.45, 2.75) is 32.7 Å². The van der Waals surface area contributed by atoms with Gasteiger partial charge in [0.1, 0.15) is 11.6 Å². The molecule has 1 N–H and O–H groups in total. The molecule has 0 fully saturated rings. The van der Waals surface area contributed by atoms with Crippen LogP contribution in [-0.4, -0.2) is 15.5 Å². The molecule has 1 aromatic carbocycles. The Morgan fingerprint density at radius 2 is 2.00 bits per heavy atom. The number of carbonyl (C=O) groups is 1. The summed E-state index contributed by atoms with van der Waals surface area (Å²) in [5.74, 6) is 0.476. The molecule has 0 spiro atoms. The molecule has 0 aliphatic carbocycles. The first-order chi connectivity index (χ1) is 13.6. The van der Waals surface area contributed by atoms with E-state index < -0.39 is 6.04 Å². The Hall–Kier alpha value is -3.41. The van der Waals surface area contributed by atoms with Crippen LogP contribution >= 0.6 is 0 Å². The molecular formula is C22H21N3O3. The molecule has 142 valence electrons. The number of amides is 1. The highest BCUT2D eigenvalue weighted by atomic mass is 16.5. The van der Waals surface area contributed by atoms with Crippen LogP contribution < -0.4 is 15.6 Å². The van der Waals surface area contributed by atoms with Gasteiger partial charge in [-0.3, -0.25) is 14.2 Å². The molecule has 1 amide bonds. The minimum Gasteiger partial charge on any atom is -0.446 e. The summed E-state index contributed by atoms with van der Waals surface area (Å²) in [5, 5.41) is 2.97. The Bertz CT molecular complexity index is 1080. The molecule has 0 radical (unpaired) electrons. The Balaban J connectivity index is 1.95. The van der Waals surface area contributed by atoms with E-state index in [1.165, 1.54) is 10.8 Å². The SMILES string of the molecule is CC/C(C)=C1/NC(=O)[C@@H](Cc2ccccc2)n2c1nc1c(c2=O)C=CC=CO1. The highest BCUT2D eigenvalue weighted by Crippen LogP contribution is 2.29. The number of hydrogen-bond acceptors (Lipinski definition) is 4. The van der Waals surface area contributed by atoms with Crippen LogP contribution in [-0.2, 0) is 11.2 Å². The first-order valence-electron chi connectivity index (χ1n) is 9.31. The Kier molecular flexibility index (Phi) is 4.69. The Labute approximate surface area is 162 Å². The fraction of sp³-hybridized carbons (Fsp3) is 0.227. The van der Waals surface area contributed by atoms with Gasteiger partial charge in [-0.25, -0.2) is 0 Å². The quantitative estimate of drug-likeness (QED) is 0.894. The summed E-state index contributed by atoms with van der Waals surface area (Å²) in [6.07, 6.45) is 7.72. The van der Waals surface area contributed by atoms with Crippen LogP contribution in [0.25, 0.3) is 11.8 Å². The van der Waals surface area contributed by atoms with Crippen molar-refractivity contribution in [3.8, 4) is 5.88 Å². The average Bonchev–Trinajstić information content (AvgIpc) is 2.96. The van der Waals surface area contributed by atoms with Crippen molar-refractivity contribution in [3.05, 3.63) is 81.6 Å². The summed E-state index contributed by atoms with van der Waals surface area (Å²) in [6.45, 7) is 3.92. The molecule has 1 atom stereocenters. The van der Waals surface area contributed by atoms with Gasteiger partial charge in [0.15, 0.2) is 5.82 Å². The summed E-state index contributed by atoms with van der Waals surface area (Å²) in [6, 6.07) is 8.98. The van der Waals surface area contributed by atoms with Gasteiger partial charge in [0.2, 0.25) is 11.8 Å². The highest BCUT2D eigenvalue weighted by molar-refractivity contribution is 5.92. The maximum Gasteiger partial charge on any atom is 0.265 e. The molecule has 1 aromatic heterocycles. The fourth-order valence-corrected chi connectivity index (χ4v) is 3.40. The molecule has 6 heteroatoms. The Morgan fingerprint density at radius 3 is 2.75 bits per heavy atom. The van der Waals surface area contributed by atoms with E-state index in [0.29, 0.717) is 23.5 Å². The molecule has 2 aliphatic heterocycles.